The Labute approximate surface area is 117 Å². The van der Waals surface area contributed by atoms with Crippen molar-refractivity contribution in [3.63, 3.8) is 0 Å². The van der Waals surface area contributed by atoms with Gasteiger partial charge in [-0.3, -0.25) is 4.90 Å². The fraction of sp³-hybridized carbons (Fsp3) is 0.625. The number of nitrogens with one attached hydrogen (secondary N) is 1. The predicted octanol–water partition coefficient (Wildman–Crippen LogP) is 2.26. The third-order valence-corrected chi connectivity index (χ3v) is 3.21. The van der Waals surface area contributed by atoms with E-state index in [1.807, 2.05) is 6.07 Å². The molecule has 0 aliphatic heterocycles. The van der Waals surface area contributed by atoms with Crippen LogP contribution in [0.5, 0.6) is 0 Å². The van der Waals surface area contributed by atoms with Gasteiger partial charge in [-0.2, -0.15) is 0 Å². The minimum atomic E-state index is -0.308. The lowest BCUT2D eigenvalue weighted by Crippen LogP contribution is -2.41. The molecule has 108 valence electrons. The smallest absolute Gasteiger partial charge is 0.0791 e. The van der Waals surface area contributed by atoms with Crippen molar-refractivity contribution in [2.24, 2.45) is 0 Å². The molecule has 0 fully saturated rings. The Hall–Kier alpha value is -0.900. The summed E-state index contributed by atoms with van der Waals surface area (Å²) >= 11 is 0. The van der Waals surface area contributed by atoms with Gasteiger partial charge in [-0.15, -0.1) is 0 Å². The summed E-state index contributed by atoms with van der Waals surface area (Å²) in [7, 11) is 0. The topological polar surface area (TPSA) is 35.5 Å². The molecule has 0 spiro atoms. The number of aliphatic hydroxyl groups excluding tert-OH is 1. The summed E-state index contributed by atoms with van der Waals surface area (Å²) in [6.45, 7) is 9.73. The second kappa shape index (κ2) is 9.08. The molecule has 1 atom stereocenters. The summed E-state index contributed by atoms with van der Waals surface area (Å²) < 4.78 is 0. The number of hydrogen-bond donors (Lipinski definition) is 2. The molecule has 1 unspecified atom stereocenters. The lowest BCUT2D eigenvalue weighted by Gasteiger charge is -2.29. The molecular formula is C16H28N2O. The predicted molar refractivity (Wildman–Crippen MR) is 81.2 cm³/mol. The van der Waals surface area contributed by atoms with Crippen LogP contribution in [0.4, 0.5) is 0 Å². The van der Waals surface area contributed by atoms with Gasteiger partial charge in [-0.1, -0.05) is 37.3 Å². The third kappa shape index (κ3) is 6.71. The van der Waals surface area contributed by atoms with E-state index < -0.39 is 0 Å². The molecule has 0 aromatic heterocycles. The van der Waals surface area contributed by atoms with Crippen LogP contribution in [-0.4, -0.2) is 41.8 Å². The van der Waals surface area contributed by atoms with Crippen LogP contribution in [0.15, 0.2) is 30.3 Å². The quantitative estimate of drug-likeness (QED) is 0.672. The molecule has 0 saturated heterocycles. The van der Waals surface area contributed by atoms with Crippen molar-refractivity contribution in [1.82, 2.24) is 10.2 Å². The lowest BCUT2D eigenvalue weighted by molar-refractivity contribution is 0.0902. The molecule has 0 heterocycles. The van der Waals surface area contributed by atoms with E-state index in [4.69, 9.17) is 0 Å². The largest absolute Gasteiger partial charge is 0.390 e. The van der Waals surface area contributed by atoms with Crippen LogP contribution in [0.3, 0.4) is 0 Å². The van der Waals surface area contributed by atoms with E-state index in [0.717, 1.165) is 19.5 Å². The van der Waals surface area contributed by atoms with E-state index in [9.17, 15) is 5.11 Å². The molecule has 2 N–H and O–H groups in total. The van der Waals surface area contributed by atoms with Gasteiger partial charge in [0.1, 0.15) is 0 Å². The summed E-state index contributed by atoms with van der Waals surface area (Å²) in [5, 5.41) is 13.3. The average Bonchev–Trinajstić information content (AvgIpc) is 2.39. The van der Waals surface area contributed by atoms with E-state index in [0.29, 0.717) is 19.1 Å². The Morgan fingerprint density at radius 3 is 2.47 bits per heavy atom. The number of hydrogen-bond acceptors (Lipinski definition) is 3. The van der Waals surface area contributed by atoms with Crippen molar-refractivity contribution in [3.05, 3.63) is 35.9 Å². The van der Waals surface area contributed by atoms with Gasteiger partial charge in [0.2, 0.25) is 0 Å². The second-order valence-corrected chi connectivity index (χ2v) is 5.37. The Morgan fingerprint density at radius 2 is 1.89 bits per heavy atom. The third-order valence-electron chi connectivity index (χ3n) is 3.21. The molecule has 1 aromatic rings. The molecule has 0 saturated carbocycles. The minimum absolute atomic E-state index is 0.308. The van der Waals surface area contributed by atoms with Gasteiger partial charge in [0.15, 0.2) is 0 Å². The van der Waals surface area contributed by atoms with Crippen LogP contribution in [0.2, 0.25) is 0 Å². The highest BCUT2D eigenvalue weighted by atomic mass is 16.3. The van der Waals surface area contributed by atoms with Gasteiger partial charge in [-0.05, 0) is 32.4 Å². The van der Waals surface area contributed by atoms with Crippen molar-refractivity contribution < 1.29 is 5.11 Å². The first-order valence-electron chi connectivity index (χ1n) is 7.30. The molecule has 19 heavy (non-hydrogen) atoms. The summed E-state index contributed by atoms with van der Waals surface area (Å²) in [6, 6.07) is 10.9. The average molecular weight is 264 g/mol. The van der Waals surface area contributed by atoms with Crippen LogP contribution >= 0.6 is 0 Å². The first-order valence-corrected chi connectivity index (χ1v) is 7.30. The normalized spacial score (nSPS) is 13.2. The molecule has 0 radical (unpaired) electrons. The molecule has 1 rings (SSSR count). The Balaban J connectivity index is 2.44. The van der Waals surface area contributed by atoms with E-state index in [2.05, 4.69) is 55.3 Å². The van der Waals surface area contributed by atoms with Crippen molar-refractivity contribution >= 4 is 0 Å². The summed E-state index contributed by atoms with van der Waals surface area (Å²) in [5.74, 6) is 0. The van der Waals surface area contributed by atoms with Gasteiger partial charge >= 0.3 is 0 Å². The Bertz CT molecular complexity index is 327. The number of nitrogens with zero attached hydrogens (tertiary/aromatic N) is 1. The lowest BCUT2D eigenvalue weighted by atomic mass is 10.1. The highest BCUT2D eigenvalue weighted by Crippen LogP contribution is 2.08. The maximum atomic E-state index is 10.1. The van der Waals surface area contributed by atoms with Gasteiger partial charge in [0.25, 0.3) is 0 Å². The van der Waals surface area contributed by atoms with Crippen LogP contribution in [0.1, 0.15) is 32.8 Å². The maximum Gasteiger partial charge on any atom is 0.0791 e. The second-order valence-electron chi connectivity index (χ2n) is 5.37. The standard InChI is InChI=1S/C16H28N2O/c1-4-10-17-11-16(19)13-18(14(2)3)12-15-8-6-5-7-9-15/h5-9,14,16-17,19H,4,10-13H2,1-3H3. The monoisotopic (exact) mass is 264 g/mol. The van der Waals surface area contributed by atoms with E-state index >= 15 is 0 Å². The zero-order valence-electron chi connectivity index (χ0n) is 12.5. The zero-order chi connectivity index (χ0) is 14.1. The Morgan fingerprint density at radius 1 is 1.21 bits per heavy atom. The molecule has 0 aliphatic rings. The summed E-state index contributed by atoms with van der Waals surface area (Å²) in [6.07, 6.45) is 0.794. The molecule has 0 bridgehead atoms. The van der Waals surface area contributed by atoms with Gasteiger partial charge in [0.05, 0.1) is 6.10 Å². The van der Waals surface area contributed by atoms with Crippen molar-refractivity contribution in [3.8, 4) is 0 Å². The number of aliphatic hydroxyl groups is 1. The SMILES string of the molecule is CCCNCC(O)CN(Cc1ccccc1)C(C)C. The Kier molecular flexibility index (Phi) is 7.72. The van der Waals surface area contributed by atoms with Gasteiger partial charge < -0.3 is 10.4 Å². The van der Waals surface area contributed by atoms with Crippen LogP contribution < -0.4 is 5.32 Å². The molecular weight excluding hydrogens is 236 g/mol. The van der Waals surface area contributed by atoms with Crippen molar-refractivity contribution in [2.45, 2.75) is 45.9 Å². The van der Waals surface area contributed by atoms with E-state index in [1.165, 1.54) is 5.56 Å². The summed E-state index contributed by atoms with van der Waals surface area (Å²) in [5.41, 5.74) is 1.30. The highest BCUT2D eigenvalue weighted by Gasteiger charge is 2.14. The molecule has 3 heteroatoms. The zero-order valence-corrected chi connectivity index (χ0v) is 12.5. The molecule has 0 aliphatic carbocycles. The number of benzene rings is 1. The van der Waals surface area contributed by atoms with Crippen molar-refractivity contribution in [1.29, 1.82) is 0 Å². The molecule has 3 nitrogen and oxygen atoms in total. The fourth-order valence-electron chi connectivity index (χ4n) is 2.06. The van der Waals surface area contributed by atoms with Gasteiger partial charge in [-0.25, -0.2) is 0 Å². The summed E-state index contributed by atoms with van der Waals surface area (Å²) in [4.78, 5) is 2.31. The van der Waals surface area contributed by atoms with E-state index in [1.54, 1.807) is 0 Å². The van der Waals surface area contributed by atoms with Crippen molar-refractivity contribution in [2.75, 3.05) is 19.6 Å². The molecule has 1 aromatic carbocycles. The van der Waals surface area contributed by atoms with Crippen LogP contribution in [0.25, 0.3) is 0 Å². The van der Waals surface area contributed by atoms with Crippen LogP contribution in [-0.2, 0) is 6.54 Å². The van der Waals surface area contributed by atoms with Crippen LogP contribution in [0, 0.1) is 0 Å². The van der Waals surface area contributed by atoms with Gasteiger partial charge in [0, 0.05) is 25.7 Å². The maximum absolute atomic E-state index is 10.1. The first-order chi connectivity index (χ1) is 9.13. The fourth-order valence-corrected chi connectivity index (χ4v) is 2.06. The van der Waals surface area contributed by atoms with E-state index in [-0.39, 0.29) is 6.10 Å². The highest BCUT2D eigenvalue weighted by molar-refractivity contribution is 5.14. The first kappa shape index (κ1) is 16.2. The minimum Gasteiger partial charge on any atom is -0.390 e. The molecule has 0 amide bonds. The number of rotatable bonds is 9.